The van der Waals surface area contributed by atoms with Gasteiger partial charge in [-0.1, -0.05) is 32.0 Å². The fourth-order valence-corrected chi connectivity index (χ4v) is 2.34. The Hall–Kier alpha value is -2.62. The summed E-state index contributed by atoms with van der Waals surface area (Å²) in [6.45, 7) is 4.86. The predicted octanol–water partition coefficient (Wildman–Crippen LogP) is 3.67. The summed E-state index contributed by atoms with van der Waals surface area (Å²) in [5.41, 5.74) is 1.89. The Morgan fingerprint density at radius 2 is 1.57 bits per heavy atom. The van der Waals surface area contributed by atoms with Gasteiger partial charge in [-0.25, -0.2) is 0 Å². The monoisotopic (exact) mass is 310 g/mol. The number of hydrogen-bond donors (Lipinski definition) is 1. The zero-order valence-electron chi connectivity index (χ0n) is 13.7. The number of carbonyl (C=O) groups is 2. The molecule has 0 aliphatic rings. The van der Waals surface area contributed by atoms with Crippen molar-refractivity contribution in [2.45, 2.75) is 13.8 Å². The maximum atomic E-state index is 12.3. The first-order valence-corrected chi connectivity index (χ1v) is 7.69. The minimum Gasteiger partial charge on any atom is -0.341 e. The van der Waals surface area contributed by atoms with Crippen molar-refractivity contribution >= 4 is 17.5 Å². The summed E-state index contributed by atoms with van der Waals surface area (Å²) in [7, 11) is 1.80. The molecule has 2 aromatic rings. The Morgan fingerprint density at radius 1 is 0.957 bits per heavy atom. The van der Waals surface area contributed by atoms with Crippen molar-refractivity contribution in [2.75, 3.05) is 18.9 Å². The molecule has 2 amide bonds. The van der Waals surface area contributed by atoms with E-state index in [2.05, 4.69) is 19.2 Å². The summed E-state index contributed by atoms with van der Waals surface area (Å²) < 4.78 is 0. The fourth-order valence-electron chi connectivity index (χ4n) is 2.34. The molecule has 0 saturated heterocycles. The minimum absolute atomic E-state index is 0.0142. The molecule has 0 bridgehead atoms. The molecule has 4 heteroatoms. The van der Waals surface area contributed by atoms with Gasteiger partial charge in [-0.3, -0.25) is 9.59 Å². The van der Waals surface area contributed by atoms with E-state index in [1.54, 1.807) is 48.3 Å². The lowest BCUT2D eigenvalue weighted by molar-refractivity contribution is 0.0779. The summed E-state index contributed by atoms with van der Waals surface area (Å²) >= 11 is 0. The van der Waals surface area contributed by atoms with Crippen molar-refractivity contribution in [3.05, 3.63) is 65.7 Å². The summed E-state index contributed by atoms with van der Waals surface area (Å²) in [5.74, 6) is 0.245. The van der Waals surface area contributed by atoms with Crippen molar-refractivity contribution < 1.29 is 9.59 Å². The second-order valence-electron chi connectivity index (χ2n) is 5.98. The average Bonchev–Trinajstić information content (AvgIpc) is 2.55. The first kappa shape index (κ1) is 16.7. The van der Waals surface area contributed by atoms with E-state index in [0.29, 0.717) is 29.3 Å². The van der Waals surface area contributed by atoms with Gasteiger partial charge in [-0.05, 0) is 42.3 Å². The van der Waals surface area contributed by atoms with E-state index in [1.165, 1.54) is 0 Å². The Balaban J connectivity index is 2.02. The van der Waals surface area contributed by atoms with Crippen molar-refractivity contribution in [2.24, 2.45) is 5.92 Å². The Kier molecular flexibility index (Phi) is 5.52. The van der Waals surface area contributed by atoms with Crippen molar-refractivity contribution in [3.63, 3.8) is 0 Å². The number of carbonyl (C=O) groups excluding carboxylic acids is 2. The second kappa shape index (κ2) is 7.58. The molecule has 4 nitrogen and oxygen atoms in total. The molecule has 0 aromatic heterocycles. The molecule has 0 fully saturated rings. The summed E-state index contributed by atoms with van der Waals surface area (Å²) in [4.78, 5) is 26.1. The van der Waals surface area contributed by atoms with Crippen LogP contribution < -0.4 is 5.32 Å². The Labute approximate surface area is 137 Å². The van der Waals surface area contributed by atoms with Crippen molar-refractivity contribution in [1.29, 1.82) is 0 Å². The third-order valence-corrected chi connectivity index (χ3v) is 3.41. The molecule has 23 heavy (non-hydrogen) atoms. The molecule has 0 radical (unpaired) electrons. The molecule has 0 heterocycles. The molecule has 2 aromatic carbocycles. The van der Waals surface area contributed by atoms with E-state index >= 15 is 0 Å². The van der Waals surface area contributed by atoms with Crippen LogP contribution >= 0.6 is 0 Å². The molecule has 0 atom stereocenters. The van der Waals surface area contributed by atoms with Crippen LogP contribution in [0.4, 0.5) is 5.69 Å². The lowest BCUT2D eigenvalue weighted by atomic mass is 10.1. The predicted molar refractivity (Wildman–Crippen MR) is 92.6 cm³/mol. The van der Waals surface area contributed by atoms with Gasteiger partial charge in [0.05, 0.1) is 0 Å². The van der Waals surface area contributed by atoms with Crippen LogP contribution in [0.15, 0.2) is 54.6 Å². The third-order valence-electron chi connectivity index (χ3n) is 3.41. The van der Waals surface area contributed by atoms with E-state index < -0.39 is 0 Å². The lowest BCUT2D eigenvalue weighted by Crippen LogP contribution is -2.30. The molecule has 1 N–H and O–H groups in total. The topological polar surface area (TPSA) is 49.4 Å². The van der Waals surface area contributed by atoms with Crippen LogP contribution in [-0.4, -0.2) is 30.3 Å². The normalized spacial score (nSPS) is 10.4. The molecule has 0 aliphatic carbocycles. The fraction of sp³-hybridized carbons (Fsp3) is 0.263. The van der Waals surface area contributed by atoms with Gasteiger partial charge in [0, 0.05) is 30.4 Å². The van der Waals surface area contributed by atoms with Crippen LogP contribution in [0.2, 0.25) is 0 Å². The molecule has 0 spiro atoms. The smallest absolute Gasteiger partial charge is 0.255 e. The standard InChI is InChI=1S/C19H22N2O2/c1-14(2)13-21(3)19(23)16-9-11-17(12-10-16)20-18(22)15-7-5-4-6-8-15/h4-12,14H,13H2,1-3H3,(H,20,22). The Bertz CT molecular complexity index is 664. The number of anilines is 1. The first-order valence-electron chi connectivity index (χ1n) is 7.69. The Morgan fingerprint density at radius 3 is 2.13 bits per heavy atom. The number of rotatable bonds is 5. The number of amides is 2. The van der Waals surface area contributed by atoms with E-state index in [4.69, 9.17) is 0 Å². The van der Waals surface area contributed by atoms with Gasteiger partial charge in [0.1, 0.15) is 0 Å². The van der Waals surface area contributed by atoms with Gasteiger partial charge in [-0.2, -0.15) is 0 Å². The molecule has 0 saturated carbocycles. The molecule has 0 aliphatic heterocycles. The van der Waals surface area contributed by atoms with Crippen LogP contribution in [0.3, 0.4) is 0 Å². The molecular formula is C19H22N2O2. The van der Waals surface area contributed by atoms with Gasteiger partial charge in [0.2, 0.25) is 0 Å². The second-order valence-corrected chi connectivity index (χ2v) is 5.98. The average molecular weight is 310 g/mol. The van der Waals surface area contributed by atoms with Gasteiger partial charge in [0.25, 0.3) is 11.8 Å². The third kappa shape index (κ3) is 4.68. The van der Waals surface area contributed by atoms with Crippen LogP contribution in [0.1, 0.15) is 34.6 Å². The SMILES string of the molecule is CC(C)CN(C)C(=O)c1ccc(NC(=O)c2ccccc2)cc1. The molecule has 2 rings (SSSR count). The maximum Gasteiger partial charge on any atom is 0.255 e. The highest BCUT2D eigenvalue weighted by molar-refractivity contribution is 6.04. The zero-order valence-corrected chi connectivity index (χ0v) is 13.7. The lowest BCUT2D eigenvalue weighted by Gasteiger charge is -2.19. The first-order chi connectivity index (χ1) is 11.0. The van der Waals surface area contributed by atoms with Crippen LogP contribution in [-0.2, 0) is 0 Å². The minimum atomic E-state index is -0.165. The van der Waals surface area contributed by atoms with E-state index in [0.717, 1.165) is 0 Å². The quantitative estimate of drug-likeness (QED) is 0.916. The van der Waals surface area contributed by atoms with Crippen molar-refractivity contribution in [1.82, 2.24) is 4.90 Å². The van der Waals surface area contributed by atoms with E-state index in [1.807, 2.05) is 18.2 Å². The number of hydrogen-bond acceptors (Lipinski definition) is 2. The van der Waals surface area contributed by atoms with Gasteiger partial charge in [-0.15, -0.1) is 0 Å². The number of nitrogens with zero attached hydrogens (tertiary/aromatic N) is 1. The molecule has 0 unspecified atom stereocenters. The number of nitrogens with one attached hydrogen (secondary N) is 1. The largest absolute Gasteiger partial charge is 0.341 e. The summed E-state index contributed by atoms with van der Waals surface area (Å²) in [6, 6.07) is 16.0. The van der Waals surface area contributed by atoms with E-state index in [9.17, 15) is 9.59 Å². The zero-order chi connectivity index (χ0) is 16.8. The van der Waals surface area contributed by atoms with Crippen LogP contribution in [0, 0.1) is 5.92 Å². The summed E-state index contributed by atoms with van der Waals surface area (Å²) in [6.07, 6.45) is 0. The van der Waals surface area contributed by atoms with Crippen LogP contribution in [0.25, 0.3) is 0 Å². The van der Waals surface area contributed by atoms with Gasteiger partial charge in [0.15, 0.2) is 0 Å². The highest BCUT2D eigenvalue weighted by Gasteiger charge is 2.13. The molecule has 120 valence electrons. The maximum absolute atomic E-state index is 12.3. The highest BCUT2D eigenvalue weighted by atomic mass is 16.2. The van der Waals surface area contributed by atoms with E-state index in [-0.39, 0.29) is 11.8 Å². The van der Waals surface area contributed by atoms with Crippen molar-refractivity contribution in [3.8, 4) is 0 Å². The van der Waals surface area contributed by atoms with Crippen LogP contribution in [0.5, 0.6) is 0 Å². The van der Waals surface area contributed by atoms with Gasteiger partial charge < -0.3 is 10.2 Å². The summed E-state index contributed by atoms with van der Waals surface area (Å²) in [5, 5.41) is 2.82. The number of benzene rings is 2. The highest BCUT2D eigenvalue weighted by Crippen LogP contribution is 2.13. The van der Waals surface area contributed by atoms with Gasteiger partial charge >= 0.3 is 0 Å². The molecular weight excluding hydrogens is 288 g/mol.